The van der Waals surface area contributed by atoms with E-state index in [9.17, 15) is 6.85 Å². The Hall–Kier alpha value is -6.06. The Morgan fingerprint density at radius 2 is 0.822 bits per heavy atom. The molecule has 3 nitrogen and oxygen atoms in total. The number of hydrogen-bond acceptors (Lipinski definition) is 0. The highest BCUT2D eigenvalue weighted by atomic mass is 15.0. The molecule has 10 rings (SSSR count). The van der Waals surface area contributed by atoms with Crippen molar-refractivity contribution in [2.24, 2.45) is 0 Å². The summed E-state index contributed by atoms with van der Waals surface area (Å²) in [6, 6.07) is 28.7. The number of para-hydroxylation sites is 5. The number of rotatable bonds is 3. The minimum absolute atomic E-state index is 0.0887. The quantitative estimate of drug-likeness (QED) is 0.197. The van der Waals surface area contributed by atoms with Crippen LogP contribution in [0, 0.1) is 0 Å². The zero-order valence-corrected chi connectivity index (χ0v) is 23.7. The van der Waals surface area contributed by atoms with E-state index in [-0.39, 0.29) is 79.9 Å². The highest BCUT2D eigenvalue weighted by Gasteiger charge is 2.21. The third-order valence-electron chi connectivity index (χ3n) is 8.70. The lowest BCUT2D eigenvalue weighted by Crippen LogP contribution is -1.96. The van der Waals surface area contributed by atoms with Gasteiger partial charge in [-0.2, -0.15) is 0 Å². The van der Waals surface area contributed by atoms with E-state index in [2.05, 4.69) is 4.57 Å². The summed E-state index contributed by atoms with van der Waals surface area (Å²) in [5, 5.41) is 2.40. The fourth-order valence-electron chi connectivity index (χ4n) is 6.88. The summed E-state index contributed by atoms with van der Waals surface area (Å²) >= 11 is 0. The molecular formula is C42H27N3. The van der Waals surface area contributed by atoms with Crippen LogP contribution < -0.4 is 0 Å². The number of nitrogens with zero attached hydrogens (tertiary/aromatic N) is 3. The van der Waals surface area contributed by atoms with Crippen LogP contribution in [-0.4, -0.2) is 13.7 Å². The molecule has 0 aliphatic rings. The van der Waals surface area contributed by atoms with Gasteiger partial charge in [-0.15, -0.1) is 0 Å². The molecular weight excluding hydrogens is 546 g/mol. The summed E-state index contributed by atoms with van der Waals surface area (Å²) < 4.78 is 96.3. The van der Waals surface area contributed by atoms with E-state index < -0.39 is 24.2 Å². The molecule has 0 fully saturated rings. The minimum atomic E-state index is -0.485. The third-order valence-corrected chi connectivity index (χ3v) is 8.70. The highest BCUT2D eigenvalue weighted by molar-refractivity contribution is 6.29. The number of aromatic nitrogens is 3. The van der Waals surface area contributed by atoms with E-state index in [1.807, 2.05) is 72.8 Å². The minimum Gasteiger partial charge on any atom is -0.309 e. The summed E-state index contributed by atoms with van der Waals surface area (Å²) in [5.74, 6) is 0. The van der Waals surface area contributed by atoms with Gasteiger partial charge in [0.2, 0.25) is 0 Å². The van der Waals surface area contributed by atoms with Crippen LogP contribution in [0.5, 0.6) is 0 Å². The lowest BCUT2D eigenvalue weighted by atomic mass is 10.1. The van der Waals surface area contributed by atoms with Gasteiger partial charge >= 0.3 is 0 Å². The van der Waals surface area contributed by atoms with Gasteiger partial charge in [-0.05, 0) is 72.7 Å². The van der Waals surface area contributed by atoms with Gasteiger partial charge in [0, 0.05) is 49.4 Å². The number of fused-ring (bicyclic) bond motifs is 10. The van der Waals surface area contributed by atoms with Crippen molar-refractivity contribution in [3.05, 3.63) is 164 Å². The largest absolute Gasteiger partial charge is 0.309 e. The first-order chi connectivity index (χ1) is 26.5. The van der Waals surface area contributed by atoms with Crippen LogP contribution in [0.15, 0.2) is 164 Å². The molecule has 0 N–H and O–H groups in total. The van der Waals surface area contributed by atoms with E-state index in [1.54, 1.807) is 39.5 Å². The van der Waals surface area contributed by atoms with Crippen molar-refractivity contribution < 1.29 is 13.7 Å². The second-order valence-corrected chi connectivity index (χ2v) is 11.0. The Kier molecular flexibility index (Phi) is 3.42. The van der Waals surface area contributed by atoms with E-state index in [1.165, 1.54) is 0 Å². The van der Waals surface area contributed by atoms with Gasteiger partial charge < -0.3 is 13.7 Å². The lowest BCUT2D eigenvalue weighted by Gasteiger charge is -2.11. The van der Waals surface area contributed by atoms with Crippen LogP contribution in [0.4, 0.5) is 0 Å². The Labute approximate surface area is 273 Å². The first-order valence-corrected chi connectivity index (χ1v) is 14.6. The lowest BCUT2D eigenvalue weighted by molar-refractivity contribution is 1.16. The predicted octanol–water partition coefficient (Wildman–Crippen LogP) is 11.0. The Morgan fingerprint density at radius 3 is 1.44 bits per heavy atom. The molecule has 0 atom stereocenters. The monoisotopic (exact) mass is 583 g/mol. The van der Waals surface area contributed by atoms with Crippen molar-refractivity contribution in [3.8, 4) is 17.1 Å². The molecule has 10 aromatic rings. The van der Waals surface area contributed by atoms with Gasteiger partial charge in [0.1, 0.15) is 0 Å². The van der Waals surface area contributed by atoms with E-state index in [4.69, 9.17) is 6.85 Å². The van der Waals surface area contributed by atoms with E-state index >= 15 is 0 Å². The fraction of sp³-hybridized carbons (Fsp3) is 0. The molecule has 0 spiro atoms. The maximum atomic E-state index is 9.67. The topological polar surface area (TPSA) is 14.8 Å². The smallest absolute Gasteiger partial charge is 0.0646 e. The van der Waals surface area contributed by atoms with Crippen molar-refractivity contribution in [3.63, 3.8) is 0 Å². The molecule has 0 saturated heterocycles. The molecule has 210 valence electrons. The van der Waals surface area contributed by atoms with Crippen LogP contribution in [0.3, 0.4) is 0 Å². The maximum Gasteiger partial charge on any atom is 0.0646 e. The van der Waals surface area contributed by atoms with Crippen LogP contribution in [0.25, 0.3) is 82.5 Å². The molecule has 0 radical (unpaired) electrons. The number of hydrogen-bond donors (Lipinski definition) is 0. The Morgan fingerprint density at radius 1 is 0.333 bits per heavy atom. The van der Waals surface area contributed by atoms with Crippen molar-refractivity contribution >= 4 is 65.4 Å². The molecule has 0 saturated carbocycles. The highest BCUT2D eigenvalue weighted by Crippen LogP contribution is 2.43. The molecule has 3 aromatic heterocycles. The van der Waals surface area contributed by atoms with Gasteiger partial charge in [-0.1, -0.05) is 90.9 Å². The average molecular weight is 584 g/mol. The third kappa shape index (κ3) is 3.35. The van der Waals surface area contributed by atoms with Crippen molar-refractivity contribution in [1.29, 1.82) is 0 Å². The predicted molar refractivity (Wildman–Crippen MR) is 189 cm³/mol. The average Bonchev–Trinajstić information content (AvgIpc) is 3.87. The van der Waals surface area contributed by atoms with Gasteiger partial charge in [0.05, 0.1) is 46.8 Å². The van der Waals surface area contributed by atoms with Crippen LogP contribution in [0.1, 0.15) is 13.7 Å². The Balaban J connectivity index is 1.46. The van der Waals surface area contributed by atoms with Gasteiger partial charge in [-0.3, -0.25) is 0 Å². The summed E-state index contributed by atoms with van der Waals surface area (Å²) in [7, 11) is 0. The van der Waals surface area contributed by atoms with E-state index in [0.29, 0.717) is 11.4 Å². The standard InChI is InChI=1S/C42H27N3/c1-3-13-28(14-4-1)43-35-20-10-7-17-31(35)34-27-30(23-24-38(34)43)45-37-22-12-9-19-33(37)42-40(45)26-25-39-41(42)32-18-8-11-21-36(32)44(39)29-15-5-2-6-16-29/h1-27H/i8D,9D,11D,12D,18D,19D,21D,22D,25D,26D. The number of benzene rings is 7. The van der Waals surface area contributed by atoms with Gasteiger partial charge in [-0.25, -0.2) is 0 Å². The summed E-state index contributed by atoms with van der Waals surface area (Å²) in [5.41, 5.74) is 4.28. The molecule has 0 bridgehead atoms. The van der Waals surface area contributed by atoms with Crippen LogP contribution in [-0.2, 0) is 0 Å². The van der Waals surface area contributed by atoms with Gasteiger partial charge in [0.25, 0.3) is 0 Å². The second-order valence-electron chi connectivity index (χ2n) is 11.0. The molecule has 0 aliphatic heterocycles. The summed E-state index contributed by atoms with van der Waals surface area (Å²) in [4.78, 5) is 0. The molecule has 0 unspecified atom stereocenters. The fourth-order valence-corrected chi connectivity index (χ4v) is 6.88. The molecule has 7 aromatic carbocycles. The zero-order chi connectivity index (χ0) is 38.2. The molecule has 3 heteroatoms. The molecule has 45 heavy (non-hydrogen) atoms. The zero-order valence-electron chi connectivity index (χ0n) is 33.7. The summed E-state index contributed by atoms with van der Waals surface area (Å²) in [6.07, 6.45) is 0. The first-order valence-electron chi connectivity index (χ1n) is 19.6. The molecule has 0 aliphatic carbocycles. The van der Waals surface area contributed by atoms with Crippen molar-refractivity contribution in [2.75, 3.05) is 0 Å². The molecule has 0 amide bonds. The maximum absolute atomic E-state index is 9.67. The SMILES string of the molecule is [2H]c1c([2H])c([2H])c2c(c1[2H])c1c3c4c([2H])c([2H])c([2H])c([2H])c4n(-c4ccc5c(c4)c4ccccc4n5-c4ccccc4)c3c([2H])c([2H])c1n2-c1ccccc1. The van der Waals surface area contributed by atoms with E-state index in [0.717, 1.165) is 27.5 Å². The normalized spacial score (nSPS) is 15.1. The van der Waals surface area contributed by atoms with Crippen molar-refractivity contribution in [2.45, 2.75) is 0 Å². The summed E-state index contributed by atoms with van der Waals surface area (Å²) in [6.45, 7) is 0. The van der Waals surface area contributed by atoms with Crippen molar-refractivity contribution in [1.82, 2.24) is 13.7 Å². The first kappa shape index (κ1) is 16.7. The van der Waals surface area contributed by atoms with Crippen LogP contribution in [0.2, 0.25) is 0 Å². The van der Waals surface area contributed by atoms with Gasteiger partial charge in [0.15, 0.2) is 0 Å². The second kappa shape index (κ2) is 9.22. The Bertz CT molecular complexity index is 3310. The molecule has 3 heterocycles. The van der Waals surface area contributed by atoms with Crippen LogP contribution >= 0.6 is 0 Å².